The molecule has 0 spiro atoms. The first-order valence-electron chi connectivity index (χ1n) is 9.10. The first kappa shape index (κ1) is 23.9. The number of nitrogens with one attached hydrogen (secondary N) is 3. The zero-order valence-corrected chi connectivity index (χ0v) is 17.6. The highest BCUT2D eigenvalue weighted by Gasteiger charge is 2.30. The molecule has 1 amide bonds. The molecule has 7 nitrogen and oxygen atoms in total. The zero-order valence-electron chi connectivity index (χ0n) is 16.7. The van der Waals surface area contributed by atoms with Gasteiger partial charge in [-0.1, -0.05) is 6.07 Å². The van der Waals surface area contributed by atoms with Crippen LogP contribution in [0.2, 0.25) is 0 Å². The van der Waals surface area contributed by atoms with Gasteiger partial charge in [-0.3, -0.25) is 10.2 Å². The van der Waals surface area contributed by atoms with Crippen molar-refractivity contribution >= 4 is 35.1 Å². The topological polar surface area (TPSA) is 84.0 Å². The Kier molecular flexibility index (Phi) is 8.62. The maximum atomic E-state index is 12.8. The fourth-order valence-corrected chi connectivity index (χ4v) is 2.38. The van der Waals surface area contributed by atoms with Crippen LogP contribution in [0.3, 0.4) is 0 Å². The van der Waals surface area contributed by atoms with Gasteiger partial charge in [-0.15, -0.1) is 0 Å². The van der Waals surface area contributed by atoms with Crippen molar-refractivity contribution in [3.05, 3.63) is 53.6 Å². The van der Waals surface area contributed by atoms with Crippen LogP contribution < -0.4 is 25.5 Å². The highest BCUT2D eigenvalue weighted by Crippen LogP contribution is 2.31. The number of alkyl halides is 3. The molecule has 0 saturated heterocycles. The van der Waals surface area contributed by atoms with Gasteiger partial charge in [-0.25, -0.2) is 0 Å². The number of hydrazone groups is 1. The Morgan fingerprint density at radius 2 is 1.94 bits per heavy atom. The molecule has 0 atom stereocenters. The number of nitrogens with zero attached hydrogens (tertiary/aromatic N) is 1. The predicted octanol–water partition coefficient (Wildman–Crippen LogP) is 3.55. The number of anilines is 1. The smallest absolute Gasteiger partial charge is 0.416 e. The van der Waals surface area contributed by atoms with E-state index in [2.05, 4.69) is 21.2 Å². The van der Waals surface area contributed by atoms with Gasteiger partial charge in [0.25, 0.3) is 5.91 Å². The molecule has 3 N–H and O–H groups in total. The molecule has 2 rings (SSSR count). The van der Waals surface area contributed by atoms with Crippen LogP contribution in [0.5, 0.6) is 11.5 Å². The number of carbonyl (C=O) groups is 1. The van der Waals surface area contributed by atoms with Gasteiger partial charge in [0.1, 0.15) is 0 Å². The average molecular weight is 454 g/mol. The predicted molar refractivity (Wildman–Crippen MR) is 116 cm³/mol. The third-order valence-electron chi connectivity index (χ3n) is 3.71. The summed E-state index contributed by atoms with van der Waals surface area (Å²) in [5.74, 6) is 0.0728. The number of thiocarbonyl (C=S) groups is 1. The van der Waals surface area contributed by atoms with E-state index in [1.165, 1.54) is 18.3 Å². The van der Waals surface area contributed by atoms with Crippen molar-refractivity contribution in [2.75, 3.05) is 25.6 Å². The molecule has 0 heterocycles. The lowest BCUT2D eigenvalue weighted by Gasteiger charge is -2.13. The number of amides is 1. The lowest BCUT2D eigenvalue weighted by molar-refractivity contribution is -0.137. The minimum atomic E-state index is -4.50. The SMILES string of the molecule is CCOc1cc(/C=N/NC(=S)NC)ccc1OCC(=O)Nc1cccc(C(F)(F)F)c1. The molecule has 2 aromatic rings. The second-order valence-electron chi connectivity index (χ2n) is 6.00. The fraction of sp³-hybridized carbons (Fsp3) is 0.250. The minimum Gasteiger partial charge on any atom is -0.490 e. The zero-order chi connectivity index (χ0) is 22.9. The van der Waals surface area contributed by atoms with Crippen LogP contribution in [-0.4, -0.2) is 37.5 Å². The molecular weight excluding hydrogens is 433 g/mol. The highest BCUT2D eigenvalue weighted by molar-refractivity contribution is 7.80. The number of ether oxygens (including phenoxy) is 2. The number of hydrogen-bond donors (Lipinski definition) is 3. The Balaban J connectivity index is 2.01. The molecule has 0 fully saturated rings. The van der Waals surface area contributed by atoms with Gasteiger partial charge in [0.05, 0.1) is 18.4 Å². The van der Waals surface area contributed by atoms with Crippen molar-refractivity contribution in [2.45, 2.75) is 13.1 Å². The van der Waals surface area contributed by atoms with Gasteiger partial charge in [-0.05, 0) is 61.1 Å². The van der Waals surface area contributed by atoms with E-state index >= 15 is 0 Å². The number of rotatable bonds is 8. The van der Waals surface area contributed by atoms with Crippen molar-refractivity contribution in [3.8, 4) is 11.5 Å². The van der Waals surface area contributed by atoms with E-state index < -0.39 is 24.3 Å². The van der Waals surface area contributed by atoms with Crippen LogP contribution in [0.4, 0.5) is 18.9 Å². The first-order valence-corrected chi connectivity index (χ1v) is 9.51. The summed E-state index contributed by atoms with van der Waals surface area (Å²) in [6, 6.07) is 9.30. The second-order valence-corrected chi connectivity index (χ2v) is 6.41. The third-order valence-corrected chi connectivity index (χ3v) is 4.00. The molecule has 166 valence electrons. The van der Waals surface area contributed by atoms with Gasteiger partial charge in [0.2, 0.25) is 0 Å². The maximum Gasteiger partial charge on any atom is 0.416 e. The monoisotopic (exact) mass is 454 g/mol. The van der Waals surface area contributed by atoms with Gasteiger partial charge < -0.3 is 20.1 Å². The third kappa shape index (κ3) is 7.78. The van der Waals surface area contributed by atoms with Gasteiger partial charge in [-0.2, -0.15) is 18.3 Å². The summed E-state index contributed by atoms with van der Waals surface area (Å²) < 4.78 is 49.4. The summed E-state index contributed by atoms with van der Waals surface area (Å²) >= 11 is 4.92. The molecule has 0 bridgehead atoms. The molecule has 11 heteroatoms. The average Bonchev–Trinajstić information content (AvgIpc) is 2.73. The van der Waals surface area contributed by atoms with Gasteiger partial charge in [0.15, 0.2) is 23.2 Å². The summed E-state index contributed by atoms with van der Waals surface area (Å²) in [6.07, 6.45) is -2.97. The van der Waals surface area contributed by atoms with Crippen LogP contribution in [-0.2, 0) is 11.0 Å². The van der Waals surface area contributed by atoms with Crippen LogP contribution >= 0.6 is 12.2 Å². The number of benzene rings is 2. The molecule has 0 aliphatic carbocycles. The van der Waals surface area contributed by atoms with E-state index in [0.717, 1.165) is 12.1 Å². The summed E-state index contributed by atoms with van der Waals surface area (Å²) in [5, 5.41) is 9.42. The molecule has 0 radical (unpaired) electrons. The van der Waals surface area contributed by atoms with Crippen molar-refractivity contribution in [1.82, 2.24) is 10.7 Å². The summed E-state index contributed by atoms with van der Waals surface area (Å²) in [7, 11) is 1.66. The highest BCUT2D eigenvalue weighted by atomic mass is 32.1. The number of carbonyl (C=O) groups excluding carboxylic acids is 1. The standard InChI is InChI=1S/C20H21F3N4O3S/c1-3-29-17-9-13(11-25-27-19(31)24-2)7-8-16(17)30-12-18(28)26-15-6-4-5-14(10-15)20(21,22)23/h4-11H,3,12H2,1-2H3,(H,26,28)(H2,24,27,31)/b25-11+. The van der Waals surface area contributed by atoms with Crippen molar-refractivity contribution in [1.29, 1.82) is 0 Å². The van der Waals surface area contributed by atoms with Crippen molar-refractivity contribution < 1.29 is 27.4 Å². The van der Waals surface area contributed by atoms with Crippen molar-refractivity contribution in [2.24, 2.45) is 5.10 Å². The number of halogens is 3. The molecule has 0 unspecified atom stereocenters. The van der Waals surface area contributed by atoms with Crippen LogP contribution in [0.1, 0.15) is 18.1 Å². The molecule has 0 aliphatic rings. The quantitative estimate of drug-likeness (QED) is 0.322. The Labute approximate surface area is 182 Å². The fourth-order valence-electron chi connectivity index (χ4n) is 2.33. The lowest BCUT2D eigenvalue weighted by Crippen LogP contribution is -2.28. The maximum absolute atomic E-state index is 12.8. The first-order chi connectivity index (χ1) is 14.7. The normalized spacial score (nSPS) is 11.1. The Hall–Kier alpha value is -3.34. The second kappa shape index (κ2) is 11.2. The van der Waals surface area contributed by atoms with Crippen LogP contribution in [0.25, 0.3) is 0 Å². The van der Waals surface area contributed by atoms with E-state index in [0.29, 0.717) is 28.8 Å². The van der Waals surface area contributed by atoms with Gasteiger partial charge in [0, 0.05) is 12.7 Å². The summed E-state index contributed by atoms with van der Waals surface area (Å²) in [6.45, 7) is 1.73. The molecule has 0 saturated carbocycles. The molecule has 0 aliphatic heterocycles. The summed E-state index contributed by atoms with van der Waals surface area (Å²) in [5.41, 5.74) is 2.47. The number of hydrogen-bond acceptors (Lipinski definition) is 5. The van der Waals surface area contributed by atoms with Crippen molar-refractivity contribution in [3.63, 3.8) is 0 Å². The van der Waals surface area contributed by atoms with E-state index in [4.69, 9.17) is 21.7 Å². The molecule has 0 aromatic heterocycles. The Morgan fingerprint density at radius 3 is 2.61 bits per heavy atom. The van der Waals surface area contributed by atoms with E-state index in [9.17, 15) is 18.0 Å². The minimum absolute atomic E-state index is 0.0204. The lowest BCUT2D eigenvalue weighted by atomic mass is 10.2. The largest absolute Gasteiger partial charge is 0.490 e. The van der Waals surface area contributed by atoms with Crippen LogP contribution in [0, 0.1) is 0 Å². The Morgan fingerprint density at radius 1 is 1.16 bits per heavy atom. The molecule has 2 aromatic carbocycles. The van der Waals surface area contributed by atoms with Crippen LogP contribution in [0.15, 0.2) is 47.6 Å². The molecule has 31 heavy (non-hydrogen) atoms. The van der Waals surface area contributed by atoms with E-state index in [1.807, 2.05) is 0 Å². The van der Waals surface area contributed by atoms with E-state index in [1.54, 1.807) is 32.2 Å². The van der Waals surface area contributed by atoms with Gasteiger partial charge >= 0.3 is 6.18 Å². The van der Waals surface area contributed by atoms with E-state index in [-0.39, 0.29) is 5.69 Å². The Bertz CT molecular complexity index is 952. The molecular formula is C20H21F3N4O3S. The summed E-state index contributed by atoms with van der Waals surface area (Å²) in [4.78, 5) is 12.1.